The number of carbonyl (C=O) groups is 1. The number of nitrogens with one attached hydrogen (secondary N) is 1. The Balaban J connectivity index is 2.00. The lowest BCUT2D eigenvalue weighted by atomic mass is 10.1. The van der Waals surface area contributed by atoms with Crippen molar-refractivity contribution in [1.82, 2.24) is 9.97 Å². The molecule has 3 aromatic rings. The minimum Gasteiger partial charge on any atom is -0.432 e. The van der Waals surface area contributed by atoms with Gasteiger partial charge in [-0.1, -0.05) is 35.3 Å². The van der Waals surface area contributed by atoms with Crippen LogP contribution in [0.3, 0.4) is 0 Å². The monoisotopic (exact) mass is 397 g/mol. The maximum Gasteiger partial charge on any atom is 0.387 e. The molecule has 0 saturated heterocycles. The van der Waals surface area contributed by atoms with Crippen LogP contribution in [0, 0.1) is 6.92 Å². The number of ether oxygens (including phenoxy) is 1. The molecule has 9 heteroatoms. The predicted octanol–water partition coefficient (Wildman–Crippen LogP) is 5.10. The van der Waals surface area contributed by atoms with E-state index < -0.39 is 12.5 Å². The number of para-hydroxylation sites is 1. The predicted molar refractivity (Wildman–Crippen MR) is 95.3 cm³/mol. The lowest BCUT2D eigenvalue weighted by Gasteiger charge is -2.12. The molecule has 1 amide bonds. The van der Waals surface area contributed by atoms with Crippen molar-refractivity contribution in [2.45, 2.75) is 13.5 Å². The first-order chi connectivity index (χ1) is 12.4. The van der Waals surface area contributed by atoms with E-state index >= 15 is 0 Å². The number of hydrogen-bond acceptors (Lipinski definition) is 4. The highest BCUT2D eigenvalue weighted by molar-refractivity contribution is 6.39. The lowest BCUT2D eigenvalue weighted by Crippen LogP contribution is -2.15. The summed E-state index contributed by atoms with van der Waals surface area (Å²) in [5.74, 6) is -0.556. The molecule has 0 radical (unpaired) electrons. The fourth-order valence-corrected chi connectivity index (χ4v) is 2.85. The van der Waals surface area contributed by atoms with E-state index in [4.69, 9.17) is 23.2 Å². The maximum atomic E-state index is 12.6. The Labute approximate surface area is 156 Å². The third-order valence-corrected chi connectivity index (χ3v) is 4.13. The van der Waals surface area contributed by atoms with Gasteiger partial charge in [0, 0.05) is 17.8 Å². The first kappa shape index (κ1) is 18.3. The number of pyridine rings is 2. The molecule has 0 unspecified atom stereocenters. The van der Waals surface area contributed by atoms with Gasteiger partial charge in [0.1, 0.15) is 5.52 Å². The average molecular weight is 398 g/mol. The van der Waals surface area contributed by atoms with Crippen molar-refractivity contribution in [2.75, 3.05) is 5.32 Å². The van der Waals surface area contributed by atoms with E-state index in [1.165, 1.54) is 30.6 Å². The molecule has 0 aliphatic heterocycles. The molecule has 134 valence electrons. The number of fused-ring (bicyclic) bond motifs is 1. The van der Waals surface area contributed by atoms with Gasteiger partial charge >= 0.3 is 6.61 Å². The van der Waals surface area contributed by atoms with E-state index in [1.807, 2.05) is 0 Å². The Morgan fingerprint density at radius 3 is 2.58 bits per heavy atom. The molecule has 1 aromatic carbocycles. The van der Waals surface area contributed by atoms with Crippen LogP contribution < -0.4 is 10.1 Å². The van der Waals surface area contributed by atoms with Crippen LogP contribution in [-0.4, -0.2) is 22.5 Å². The molecule has 2 aromatic heterocycles. The largest absolute Gasteiger partial charge is 0.432 e. The van der Waals surface area contributed by atoms with Gasteiger partial charge < -0.3 is 10.1 Å². The number of alkyl halides is 2. The smallest absolute Gasteiger partial charge is 0.387 e. The minimum atomic E-state index is -2.97. The first-order valence-corrected chi connectivity index (χ1v) is 8.08. The summed E-state index contributed by atoms with van der Waals surface area (Å²) in [7, 11) is 0. The number of aryl methyl sites for hydroxylation is 1. The second-order valence-electron chi connectivity index (χ2n) is 5.26. The van der Waals surface area contributed by atoms with Crippen molar-refractivity contribution in [1.29, 1.82) is 0 Å². The Bertz CT molecular complexity index is 979. The molecule has 2 heterocycles. The van der Waals surface area contributed by atoms with Gasteiger partial charge in [0.2, 0.25) is 0 Å². The fraction of sp³-hybridized carbons (Fsp3) is 0.118. The van der Waals surface area contributed by atoms with Crippen molar-refractivity contribution < 1.29 is 18.3 Å². The highest BCUT2D eigenvalue weighted by atomic mass is 35.5. The van der Waals surface area contributed by atoms with Crippen LogP contribution in [0.15, 0.2) is 36.7 Å². The van der Waals surface area contributed by atoms with E-state index in [0.717, 1.165) is 0 Å². The zero-order valence-corrected chi connectivity index (χ0v) is 14.8. The number of halogens is 4. The molecule has 26 heavy (non-hydrogen) atoms. The van der Waals surface area contributed by atoms with Crippen LogP contribution in [0.25, 0.3) is 10.9 Å². The van der Waals surface area contributed by atoms with Crippen LogP contribution in [0.1, 0.15) is 16.1 Å². The van der Waals surface area contributed by atoms with Gasteiger partial charge in [-0.3, -0.25) is 9.78 Å². The Kier molecular flexibility index (Phi) is 5.20. The zero-order chi connectivity index (χ0) is 18.8. The van der Waals surface area contributed by atoms with Gasteiger partial charge in [-0.15, -0.1) is 0 Å². The van der Waals surface area contributed by atoms with E-state index in [9.17, 15) is 13.6 Å². The molecule has 1 N–H and O–H groups in total. The van der Waals surface area contributed by atoms with Gasteiger partial charge in [-0.05, 0) is 19.1 Å². The highest BCUT2D eigenvalue weighted by Crippen LogP contribution is 2.30. The summed E-state index contributed by atoms with van der Waals surface area (Å²) in [5.41, 5.74) is 1.04. The molecule has 0 fully saturated rings. The SMILES string of the molecule is Cc1nc2c(OC(F)F)cccc2cc1C(=O)Nc1c(Cl)cncc1Cl. The van der Waals surface area contributed by atoms with Gasteiger partial charge in [-0.25, -0.2) is 4.98 Å². The number of benzene rings is 1. The second-order valence-corrected chi connectivity index (χ2v) is 6.07. The number of aromatic nitrogens is 2. The number of nitrogens with zero attached hydrogens (tertiary/aromatic N) is 2. The van der Waals surface area contributed by atoms with Crippen molar-refractivity contribution in [3.63, 3.8) is 0 Å². The number of amides is 1. The molecule has 0 bridgehead atoms. The number of rotatable bonds is 4. The van der Waals surface area contributed by atoms with Crippen molar-refractivity contribution >= 4 is 45.7 Å². The summed E-state index contributed by atoms with van der Waals surface area (Å²) in [6.07, 6.45) is 2.70. The van der Waals surface area contributed by atoms with E-state index in [2.05, 4.69) is 20.0 Å². The molecular formula is C17H11Cl2F2N3O2. The number of hydrogen-bond donors (Lipinski definition) is 1. The zero-order valence-electron chi connectivity index (χ0n) is 13.3. The molecule has 0 spiro atoms. The van der Waals surface area contributed by atoms with Crippen molar-refractivity contribution in [3.8, 4) is 5.75 Å². The van der Waals surface area contributed by atoms with Crippen LogP contribution >= 0.6 is 23.2 Å². The van der Waals surface area contributed by atoms with Crippen molar-refractivity contribution in [3.05, 3.63) is 58.0 Å². The van der Waals surface area contributed by atoms with Gasteiger partial charge in [-0.2, -0.15) is 8.78 Å². The number of anilines is 1. The number of carbonyl (C=O) groups excluding carboxylic acids is 1. The molecule has 3 rings (SSSR count). The molecule has 0 saturated carbocycles. The summed E-state index contributed by atoms with van der Waals surface area (Å²) >= 11 is 12.0. The van der Waals surface area contributed by atoms with Crippen LogP contribution in [0.4, 0.5) is 14.5 Å². The summed E-state index contributed by atoms with van der Waals surface area (Å²) in [4.78, 5) is 20.7. The van der Waals surface area contributed by atoms with Crippen LogP contribution in [0.5, 0.6) is 5.75 Å². The molecule has 0 aliphatic carbocycles. The van der Waals surface area contributed by atoms with Gasteiger partial charge in [0.15, 0.2) is 5.75 Å². The molecule has 0 aliphatic rings. The Morgan fingerprint density at radius 2 is 1.92 bits per heavy atom. The fourth-order valence-electron chi connectivity index (χ4n) is 2.40. The normalized spacial score (nSPS) is 11.0. The maximum absolute atomic E-state index is 12.6. The molecule has 5 nitrogen and oxygen atoms in total. The van der Waals surface area contributed by atoms with Crippen LogP contribution in [0.2, 0.25) is 10.0 Å². The topological polar surface area (TPSA) is 64.1 Å². The van der Waals surface area contributed by atoms with E-state index in [0.29, 0.717) is 11.1 Å². The van der Waals surface area contributed by atoms with E-state index in [1.54, 1.807) is 13.0 Å². The quantitative estimate of drug-likeness (QED) is 0.664. The molecule has 0 atom stereocenters. The second kappa shape index (κ2) is 7.39. The minimum absolute atomic E-state index is 0.0622. The molecular weight excluding hydrogens is 387 g/mol. The summed E-state index contributed by atoms with van der Waals surface area (Å²) in [5, 5.41) is 3.46. The van der Waals surface area contributed by atoms with E-state index in [-0.39, 0.29) is 32.6 Å². The summed E-state index contributed by atoms with van der Waals surface area (Å²) in [6, 6.07) is 6.10. The standard InChI is InChI=1S/C17H11Cl2F2N3O2/c1-8-10(16(25)24-15-11(18)6-22-7-12(15)19)5-9-3-2-4-13(14(9)23-8)26-17(20)21/h2-7,17H,1H3,(H,22,24,25). The summed E-state index contributed by atoms with van der Waals surface area (Å²) in [6.45, 7) is -1.38. The highest BCUT2D eigenvalue weighted by Gasteiger charge is 2.17. The third-order valence-electron chi connectivity index (χ3n) is 3.55. The van der Waals surface area contributed by atoms with Gasteiger partial charge in [0.25, 0.3) is 5.91 Å². The average Bonchev–Trinajstić information content (AvgIpc) is 2.58. The Hall–Kier alpha value is -2.51. The van der Waals surface area contributed by atoms with Crippen molar-refractivity contribution in [2.24, 2.45) is 0 Å². The first-order valence-electron chi connectivity index (χ1n) is 7.32. The van der Waals surface area contributed by atoms with Gasteiger partial charge in [0.05, 0.1) is 27.0 Å². The Morgan fingerprint density at radius 1 is 1.23 bits per heavy atom. The van der Waals surface area contributed by atoms with Crippen LogP contribution in [-0.2, 0) is 0 Å². The lowest BCUT2D eigenvalue weighted by molar-refractivity contribution is -0.0489. The summed E-state index contributed by atoms with van der Waals surface area (Å²) < 4.78 is 29.5. The third kappa shape index (κ3) is 3.68.